The normalized spacial score (nSPS) is 22.4. The molecule has 0 amide bonds. The molecular formula is C17H28N2O. The average Bonchev–Trinajstić information content (AvgIpc) is 2.46. The smallest absolute Gasteiger partial charge is 0.0894 e. The lowest BCUT2D eigenvalue weighted by Crippen LogP contribution is -2.49. The van der Waals surface area contributed by atoms with Crippen molar-refractivity contribution in [3.63, 3.8) is 0 Å². The zero-order valence-corrected chi connectivity index (χ0v) is 13.2. The summed E-state index contributed by atoms with van der Waals surface area (Å²) >= 11 is 0. The average molecular weight is 276 g/mol. The Kier molecular flexibility index (Phi) is 5.19. The van der Waals surface area contributed by atoms with E-state index in [1.54, 1.807) is 0 Å². The zero-order valence-electron chi connectivity index (χ0n) is 13.2. The van der Waals surface area contributed by atoms with Crippen LogP contribution in [-0.4, -0.2) is 36.7 Å². The second-order valence-electron chi connectivity index (χ2n) is 6.35. The molecule has 1 fully saturated rings. The highest BCUT2D eigenvalue weighted by Crippen LogP contribution is 2.23. The lowest BCUT2D eigenvalue weighted by Gasteiger charge is -2.38. The first-order valence-corrected chi connectivity index (χ1v) is 7.70. The summed E-state index contributed by atoms with van der Waals surface area (Å²) in [4.78, 5) is 2.44. The third-order valence-corrected chi connectivity index (χ3v) is 4.24. The van der Waals surface area contributed by atoms with E-state index in [0.29, 0.717) is 12.0 Å². The van der Waals surface area contributed by atoms with Crippen molar-refractivity contribution in [3.8, 4) is 0 Å². The van der Waals surface area contributed by atoms with Gasteiger partial charge in [-0.3, -0.25) is 4.90 Å². The van der Waals surface area contributed by atoms with Gasteiger partial charge in [-0.05, 0) is 30.9 Å². The topological polar surface area (TPSA) is 38.5 Å². The van der Waals surface area contributed by atoms with Gasteiger partial charge in [0, 0.05) is 19.1 Å². The molecule has 20 heavy (non-hydrogen) atoms. The van der Waals surface area contributed by atoms with Crippen molar-refractivity contribution in [2.45, 2.75) is 51.8 Å². The largest absolute Gasteiger partial charge is 0.374 e. The van der Waals surface area contributed by atoms with Gasteiger partial charge >= 0.3 is 0 Å². The van der Waals surface area contributed by atoms with E-state index in [9.17, 15) is 0 Å². The zero-order chi connectivity index (χ0) is 14.7. The minimum absolute atomic E-state index is 0.0437. The van der Waals surface area contributed by atoms with E-state index in [0.717, 1.165) is 19.7 Å². The summed E-state index contributed by atoms with van der Waals surface area (Å²) < 4.78 is 5.89. The highest BCUT2D eigenvalue weighted by molar-refractivity contribution is 5.27. The van der Waals surface area contributed by atoms with Gasteiger partial charge in [0.25, 0.3) is 0 Å². The van der Waals surface area contributed by atoms with Gasteiger partial charge in [-0.25, -0.2) is 0 Å². The Morgan fingerprint density at radius 3 is 2.25 bits per heavy atom. The number of ether oxygens (including phenoxy) is 1. The van der Waals surface area contributed by atoms with Crippen molar-refractivity contribution in [1.29, 1.82) is 0 Å². The Morgan fingerprint density at radius 2 is 1.70 bits per heavy atom. The first-order chi connectivity index (χ1) is 9.49. The summed E-state index contributed by atoms with van der Waals surface area (Å²) in [7, 11) is 0. The van der Waals surface area contributed by atoms with Crippen molar-refractivity contribution < 1.29 is 4.74 Å². The molecule has 1 aliphatic rings. The number of hydrogen-bond donors (Lipinski definition) is 1. The first-order valence-electron chi connectivity index (χ1n) is 7.70. The van der Waals surface area contributed by atoms with Gasteiger partial charge in [0.15, 0.2) is 0 Å². The van der Waals surface area contributed by atoms with E-state index >= 15 is 0 Å². The van der Waals surface area contributed by atoms with Gasteiger partial charge in [0.05, 0.1) is 18.8 Å². The molecule has 1 aliphatic heterocycles. The van der Waals surface area contributed by atoms with Gasteiger partial charge in [0.1, 0.15) is 0 Å². The standard InChI is InChI=1S/C17H28N2O/c1-12(2)14-5-7-15(8-6-14)17(18)16-11-19(13(3)4)9-10-20-16/h5-8,12-13,16-17H,9-11,18H2,1-4H3. The molecule has 1 aromatic rings. The van der Waals surface area contributed by atoms with Gasteiger partial charge in [-0.2, -0.15) is 0 Å². The number of benzene rings is 1. The fraction of sp³-hybridized carbons (Fsp3) is 0.647. The maximum Gasteiger partial charge on any atom is 0.0894 e. The molecule has 2 N–H and O–H groups in total. The number of nitrogens with two attached hydrogens (primary N) is 1. The first kappa shape index (κ1) is 15.5. The van der Waals surface area contributed by atoms with Crippen LogP contribution < -0.4 is 5.73 Å². The molecule has 1 saturated heterocycles. The minimum Gasteiger partial charge on any atom is -0.374 e. The quantitative estimate of drug-likeness (QED) is 0.919. The summed E-state index contributed by atoms with van der Waals surface area (Å²) in [6.45, 7) is 11.6. The van der Waals surface area contributed by atoms with E-state index in [1.165, 1.54) is 11.1 Å². The summed E-state index contributed by atoms with van der Waals surface area (Å²) in [5.74, 6) is 0.558. The molecule has 3 nitrogen and oxygen atoms in total. The molecule has 2 atom stereocenters. The molecule has 0 radical (unpaired) electrons. The molecule has 0 spiro atoms. The van der Waals surface area contributed by atoms with Gasteiger partial charge in [-0.15, -0.1) is 0 Å². The van der Waals surface area contributed by atoms with Crippen LogP contribution in [0, 0.1) is 0 Å². The van der Waals surface area contributed by atoms with Gasteiger partial charge in [0.2, 0.25) is 0 Å². The van der Waals surface area contributed by atoms with Crippen LogP contribution in [0.1, 0.15) is 50.8 Å². The maximum atomic E-state index is 6.41. The third kappa shape index (κ3) is 3.60. The second kappa shape index (κ2) is 6.70. The third-order valence-electron chi connectivity index (χ3n) is 4.24. The molecule has 0 aliphatic carbocycles. The molecule has 2 rings (SSSR count). The molecule has 2 unspecified atom stereocenters. The van der Waals surface area contributed by atoms with E-state index in [2.05, 4.69) is 56.9 Å². The molecule has 3 heteroatoms. The van der Waals surface area contributed by atoms with E-state index < -0.39 is 0 Å². The number of morpholine rings is 1. The van der Waals surface area contributed by atoms with E-state index in [1.807, 2.05) is 0 Å². The molecule has 1 heterocycles. The summed E-state index contributed by atoms with van der Waals surface area (Å²) in [5, 5.41) is 0. The number of hydrogen-bond acceptors (Lipinski definition) is 3. The molecule has 0 aromatic heterocycles. The van der Waals surface area contributed by atoms with Crippen LogP contribution >= 0.6 is 0 Å². The Morgan fingerprint density at radius 1 is 1.10 bits per heavy atom. The second-order valence-corrected chi connectivity index (χ2v) is 6.35. The predicted octanol–water partition coefficient (Wildman–Crippen LogP) is 2.92. The molecule has 0 bridgehead atoms. The number of nitrogens with zero attached hydrogens (tertiary/aromatic N) is 1. The van der Waals surface area contributed by atoms with Gasteiger partial charge in [-0.1, -0.05) is 38.1 Å². The van der Waals surface area contributed by atoms with Crippen LogP contribution in [0.25, 0.3) is 0 Å². The Labute approximate surface area is 123 Å². The summed E-state index contributed by atoms with van der Waals surface area (Å²) in [5.41, 5.74) is 8.93. The van der Waals surface area contributed by atoms with Crippen LogP contribution in [0.5, 0.6) is 0 Å². The maximum absolute atomic E-state index is 6.41. The fourth-order valence-corrected chi connectivity index (χ4v) is 2.70. The highest BCUT2D eigenvalue weighted by atomic mass is 16.5. The van der Waals surface area contributed by atoms with Crippen molar-refractivity contribution in [3.05, 3.63) is 35.4 Å². The van der Waals surface area contributed by atoms with Crippen LogP contribution in [0.3, 0.4) is 0 Å². The van der Waals surface area contributed by atoms with Crippen molar-refractivity contribution in [2.75, 3.05) is 19.7 Å². The van der Waals surface area contributed by atoms with Crippen LogP contribution in [0.2, 0.25) is 0 Å². The fourth-order valence-electron chi connectivity index (χ4n) is 2.70. The van der Waals surface area contributed by atoms with Crippen molar-refractivity contribution in [2.24, 2.45) is 5.73 Å². The minimum atomic E-state index is -0.0437. The Balaban J connectivity index is 2.04. The van der Waals surface area contributed by atoms with Crippen LogP contribution in [0.4, 0.5) is 0 Å². The highest BCUT2D eigenvalue weighted by Gasteiger charge is 2.27. The van der Waals surface area contributed by atoms with Crippen LogP contribution in [-0.2, 0) is 4.74 Å². The van der Waals surface area contributed by atoms with Crippen molar-refractivity contribution in [1.82, 2.24) is 4.90 Å². The SMILES string of the molecule is CC(C)c1ccc(C(N)C2CN(C(C)C)CCO2)cc1. The summed E-state index contributed by atoms with van der Waals surface area (Å²) in [6, 6.07) is 9.18. The summed E-state index contributed by atoms with van der Waals surface area (Å²) in [6.07, 6.45) is 0.0936. The predicted molar refractivity (Wildman–Crippen MR) is 83.9 cm³/mol. The molecule has 1 aromatic carbocycles. The van der Waals surface area contributed by atoms with Crippen LogP contribution in [0.15, 0.2) is 24.3 Å². The molecule has 112 valence electrons. The lowest BCUT2D eigenvalue weighted by molar-refractivity contribution is -0.0502. The molecular weight excluding hydrogens is 248 g/mol. The number of rotatable bonds is 4. The van der Waals surface area contributed by atoms with E-state index in [4.69, 9.17) is 10.5 Å². The van der Waals surface area contributed by atoms with E-state index in [-0.39, 0.29) is 12.1 Å². The van der Waals surface area contributed by atoms with Crippen molar-refractivity contribution >= 4 is 0 Å². The Hall–Kier alpha value is -0.900. The Bertz CT molecular complexity index is 414. The monoisotopic (exact) mass is 276 g/mol. The van der Waals surface area contributed by atoms with Gasteiger partial charge < -0.3 is 10.5 Å². The lowest BCUT2D eigenvalue weighted by atomic mass is 9.96. The molecule has 0 saturated carbocycles.